The summed E-state index contributed by atoms with van der Waals surface area (Å²) in [5.41, 5.74) is 0.382. The van der Waals surface area contributed by atoms with Crippen molar-refractivity contribution in [2.24, 2.45) is 17.3 Å². The number of nitrogens with one attached hydrogen (secondary N) is 1. The molecule has 0 radical (unpaired) electrons. The molecule has 2 rings (SSSR count). The van der Waals surface area contributed by atoms with Gasteiger partial charge in [-0.3, -0.25) is 0 Å². The van der Waals surface area contributed by atoms with Crippen LogP contribution in [0.3, 0.4) is 0 Å². The molecular formula is C14H26N2O2. The minimum atomic E-state index is 0.0778. The first-order valence-electron chi connectivity index (χ1n) is 7.16. The van der Waals surface area contributed by atoms with E-state index in [-0.39, 0.29) is 6.03 Å². The Morgan fingerprint density at radius 1 is 1.33 bits per heavy atom. The van der Waals surface area contributed by atoms with E-state index in [0.29, 0.717) is 24.5 Å². The topological polar surface area (TPSA) is 41.6 Å². The normalized spacial score (nSPS) is 30.7. The van der Waals surface area contributed by atoms with Crippen LogP contribution >= 0.6 is 0 Å². The van der Waals surface area contributed by atoms with Gasteiger partial charge < -0.3 is 15.0 Å². The Kier molecular flexibility index (Phi) is 4.15. The highest BCUT2D eigenvalue weighted by molar-refractivity contribution is 5.74. The Bertz CT molecular complexity index is 298. The first kappa shape index (κ1) is 13.7. The number of rotatable bonds is 3. The fourth-order valence-electron chi connectivity index (χ4n) is 3.25. The van der Waals surface area contributed by atoms with Crippen molar-refractivity contribution in [2.45, 2.75) is 33.6 Å². The molecule has 2 atom stereocenters. The molecule has 1 saturated heterocycles. The van der Waals surface area contributed by atoms with Crippen molar-refractivity contribution in [3.05, 3.63) is 0 Å². The summed E-state index contributed by atoms with van der Waals surface area (Å²) in [5, 5.41) is 3.09. The van der Waals surface area contributed by atoms with Crippen LogP contribution in [0.25, 0.3) is 0 Å². The lowest BCUT2D eigenvalue weighted by Crippen LogP contribution is -2.53. The first-order chi connectivity index (χ1) is 8.55. The van der Waals surface area contributed by atoms with Crippen LogP contribution < -0.4 is 5.32 Å². The second-order valence-electron chi connectivity index (χ2n) is 6.14. The number of carbonyl (C=O) groups excluding carboxylic acids is 1. The van der Waals surface area contributed by atoms with E-state index in [2.05, 4.69) is 26.1 Å². The van der Waals surface area contributed by atoms with E-state index in [4.69, 9.17) is 4.74 Å². The Morgan fingerprint density at radius 3 is 2.56 bits per heavy atom. The first-order valence-corrected chi connectivity index (χ1v) is 7.16. The molecule has 104 valence electrons. The molecule has 0 spiro atoms. The van der Waals surface area contributed by atoms with Gasteiger partial charge in [0.25, 0.3) is 0 Å². The van der Waals surface area contributed by atoms with E-state index in [1.807, 2.05) is 4.90 Å². The van der Waals surface area contributed by atoms with Gasteiger partial charge in [0.2, 0.25) is 0 Å². The number of carbonyl (C=O) groups is 1. The van der Waals surface area contributed by atoms with E-state index >= 15 is 0 Å². The van der Waals surface area contributed by atoms with Gasteiger partial charge in [0.15, 0.2) is 0 Å². The van der Waals surface area contributed by atoms with Crippen molar-refractivity contribution < 1.29 is 9.53 Å². The molecule has 18 heavy (non-hydrogen) atoms. The maximum Gasteiger partial charge on any atom is 0.317 e. The van der Waals surface area contributed by atoms with Crippen molar-refractivity contribution in [2.75, 3.05) is 32.8 Å². The van der Waals surface area contributed by atoms with Crippen LogP contribution in [-0.4, -0.2) is 43.8 Å². The van der Waals surface area contributed by atoms with Crippen molar-refractivity contribution in [1.29, 1.82) is 0 Å². The summed E-state index contributed by atoms with van der Waals surface area (Å²) in [6.07, 6.45) is 2.51. The molecule has 0 bridgehead atoms. The molecule has 1 aliphatic heterocycles. The lowest BCUT2D eigenvalue weighted by atomic mass is 9.54. The number of hydrogen-bond donors (Lipinski definition) is 1. The summed E-state index contributed by atoms with van der Waals surface area (Å²) in [4.78, 5) is 13.8. The molecule has 0 aromatic rings. The van der Waals surface area contributed by atoms with Gasteiger partial charge in [-0.05, 0) is 23.7 Å². The molecule has 1 aliphatic carbocycles. The van der Waals surface area contributed by atoms with Gasteiger partial charge in [-0.1, -0.05) is 27.2 Å². The average molecular weight is 254 g/mol. The van der Waals surface area contributed by atoms with E-state index in [1.54, 1.807) is 0 Å². The second-order valence-corrected chi connectivity index (χ2v) is 6.14. The molecule has 1 saturated carbocycles. The van der Waals surface area contributed by atoms with Gasteiger partial charge in [-0.15, -0.1) is 0 Å². The summed E-state index contributed by atoms with van der Waals surface area (Å²) in [7, 11) is 0. The third-order valence-corrected chi connectivity index (χ3v) is 4.96. The largest absolute Gasteiger partial charge is 0.378 e. The van der Waals surface area contributed by atoms with Gasteiger partial charge in [0.05, 0.1) is 13.2 Å². The second kappa shape index (κ2) is 5.47. The number of morpholine rings is 1. The molecule has 2 aliphatic rings. The van der Waals surface area contributed by atoms with E-state index in [0.717, 1.165) is 25.6 Å². The minimum Gasteiger partial charge on any atom is -0.378 e. The van der Waals surface area contributed by atoms with Crippen molar-refractivity contribution in [1.82, 2.24) is 10.2 Å². The predicted octanol–water partition coefficient (Wildman–Crippen LogP) is 2.10. The average Bonchev–Trinajstić information content (AvgIpc) is 2.38. The highest BCUT2D eigenvalue weighted by Crippen LogP contribution is 2.52. The highest BCUT2D eigenvalue weighted by atomic mass is 16.5. The van der Waals surface area contributed by atoms with Crippen LogP contribution in [-0.2, 0) is 4.74 Å². The third-order valence-electron chi connectivity index (χ3n) is 4.96. The summed E-state index contributed by atoms with van der Waals surface area (Å²) < 4.78 is 5.25. The summed E-state index contributed by atoms with van der Waals surface area (Å²) in [6.45, 7) is 10.5. The molecule has 1 heterocycles. The van der Waals surface area contributed by atoms with Gasteiger partial charge in [0.1, 0.15) is 0 Å². The monoisotopic (exact) mass is 254 g/mol. The quantitative estimate of drug-likeness (QED) is 0.838. The summed E-state index contributed by atoms with van der Waals surface area (Å²) in [6, 6.07) is 0.0778. The SMILES string of the molecule is CC[C@@H]1C[C@@H](CNC(=O)N2CCOCC2)C1(C)C. The highest BCUT2D eigenvalue weighted by Gasteiger charge is 2.46. The maximum atomic E-state index is 12.0. The lowest BCUT2D eigenvalue weighted by Gasteiger charge is -2.52. The number of amides is 2. The van der Waals surface area contributed by atoms with Gasteiger partial charge in [-0.25, -0.2) is 4.79 Å². The van der Waals surface area contributed by atoms with Crippen LogP contribution in [0.5, 0.6) is 0 Å². The Morgan fingerprint density at radius 2 is 2.00 bits per heavy atom. The number of hydrogen-bond acceptors (Lipinski definition) is 2. The maximum absolute atomic E-state index is 12.0. The zero-order valence-corrected chi connectivity index (χ0v) is 11.9. The van der Waals surface area contributed by atoms with Gasteiger partial charge in [0, 0.05) is 19.6 Å². The molecule has 4 heteroatoms. The standard InChI is InChI=1S/C14H26N2O2/c1-4-11-9-12(14(11,2)3)10-15-13(17)16-5-7-18-8-6-16/h11-12H,4-10H2,1-3H3,(H,15,17)/t11-,12+/m1/s1. The van der Waals surface area contributed by atoms with Crippen LogP contribution in [0.1, 0.15) is 33.6 Å². The fraction of sp³-hybridized carbons (Fsp3) is 0.929. The smallest absolute Gasteiger partial charge is 0.317 e. The van der Waals surface area contributed by atoms with E-state index in [9.17, 15) is 4.79 Å². The molecule has 4 nitrogen and oxygen atoms in total. The molecule has 2 amide bonds. The Hall–Kier alpha value is -0.770. The van der Waals surface area contributed by atoms with Crippen molar-refractivity contribution in [3.63, 3.8) is 0 Å². The van der Waals surface area contributed by atoms with Crippen LogP contribution in [0.15, 0.2) is 0 Å². The third kappa shape index (κ3) is 2.63. The Labute approximate surface area is 110 Å². The van der Waals surface area contributed by atoms with Gasteiger partial charge >= 0.3 is 6.03 Å². The lowest BCUT2D eigenvalue weighted by molar-refractivity contribution is -0.0207. The molecule has 0 unspecified atom stereocenters. The molecule has 2 fully saturated rings. The van der Waals surface area contributed by atoms with E-state index < -0.39 is 0 Å². The number of ether oxygens (including phenoxy) is 1. The Balaban J connectivity index is 1.73. The number of nitrogens with zero attached hydrogens (tertiary/aromatic N) is 1. The predicted molar refractivity (Wildman–Crippen MR) is 71.5 cm³/mol. The molecule has 1 N–H and O–H groups in total. The fourth-order valence-corrected chi connectivity index (χ4v) is 3.25. The van der Waals surface area contributed by atoms with Crippen molar-refractivity contribution >= 4 is 6.03 Å². The zero-order valence-electron chi connectivity index (χ0n) is 11.9. The van der Waals surface area contributed by atoms with Gasteiger partial charge in [-0.2, -0.15) is 0 Å². The summed E-state index contributed by atoms with van der Waals surface area (Å²) >= 11 is 0. The van der Waals surface area contributed by atoms with Crippen LogP contribution in [0.2, 0.25) is 0 Å². The molecular weight excluding hydrogens is 228 g/mol. The van der Waals surface area contributed by atoms with E-state index in [1.165, 1.54) is 12.8 Å². The molecule has 0 aromatic heterocycles. The zero-order chi connectivity index (χ0) is 13.2. The number of urea groups is 1. The van der Waals surface area contributed by atoms with Crippen molar-refractivity contribution in [3.8, 4) is 0 Å². The van der Waals surface area contributed by atoms with Crippen LogP contribution in [0.4, 0.5) is 4.79 Å². The minimum absolute atomic E-state index is 0.0778. The summed E-state index contributed by atoms with van der Waals surface area (Å²) in [5.74, 6) is 1.45. The molecule has 0 aromatic carbocycles. The van der Waals surface area contributed by atoms with Crippen LogP contribution in [0, 0.1) is 17.3 Å².